The molecule has 1 fully saturated rings. The Balaban J connectivity index is 2.39. The van der Waals surface area contributed by atoms with Crippen LogP contribution in [-0.4, -0.2) is 87.5 Å². The molecule has 0 aliphatic carbocycles. The molecule has 0 saturated carbocycles. The molecule has 50 heavy (non-hydrogen) atoms. The Hall–Kier alpha value is -1.33. The molecular formula is C41H77NO8. The molecule has 0 spiro atoms. The van der Waals surface area contributed by atoms with Gasteiger partial charge in [0.05, 0.1) is 25.4 Å². The largest absolute Gasteiger partial charge is 0.394 e. The van der Waals surface area contributed by atoms with Gasteiger partial charge in [-0.2, -0.15) is 0 Å². The lowest BCUT2D eigenvalue weighted by molar-refractivity contribution is -0.302. The van der Waals surface area contributed by atoms with Gasteiger partial charge in [-0.1, -0.05) is 173 Å². The number of unbranched alkanes of at least 4 members (excludes halogenated alkanes) is 22. The number of carbonyl (C=O) groups is 1. The lowest BCUT2D eigenvalue weighted by Gasteiger charge is -2.40. The minimum absolute atomic E-state index is 0.195. The number of ether oxygens (including phenoxy) is 2. The zero-order valence-corrected chi connectivity index (χ0v) is 31.9. The Bertz CT molecular complexity index is 837. The minimum atomic E-state index is -1.57. The molecule has 1 heterocycles. The quantitative estimate of drug-likeness (QED) is 0.0302. The van der Waals surface area contributed by atoms with E-state index in [1.165, 1.54) is 122 Å². The average Bonchev–Trinajstić information content (AvgIpc) is 3.11. The molecule has 6 N–H and O–H groups in total. The number of allylic oxidation sites excluding steroid dienone is 3. The fourth-order valence-electron chi connectivity index (χ4n) is 6.45. The van der Waals surface area contributed by atoms with Gasteiger partial charge in [0, 0.05) is 6.42 Å². The maximum absolute atomic E-state index is 12.9. The Labute approximate surface area is 305 Å². The third-order valence-electron chi connectivity index (χ3n) is 9.83. The van der Waals surface area contributed by atoms with E-state index in [4.69, 9.17) is 9.47 Å². The molecule has 0 aromatic rings. The molecule has 0 aromatic carbocycles. The molecule has 0 aromatic heterocycles. The van der Waals surface area contributed by atoms with Crippen LogP contribution >= 0.6 is 0 Å². The fourth-order valence-corrected chi connectivity index (χ4v) is 6.45. The highest BCUT2D eigenvalue weighted by Gasteiger charge is 2.44. The lowest BCUT2D eigenvalue weighted by Crippen LogP contribution is -2.60. The van der Waals surface area contributed by atoms with E-state index in [1.54, 1.807) is 12.2 Å². The van der Waals surface area contributed by atoms with Crippen LogP contribution in [0.15, 0.2) is 24.3 Å². The number of nitrogens with one attached hydrogen (secondary N) is 1. The van der Waals surface area contributed by atoms with Crippen LogP contribution in [0.1, 0.15) is 174 Å². The topological polar surface area (TPSA) is 149 Å². The number of aliphatic hydroxyl groups is 5. The van der Waals surface area contributed by atoms with Crippen LogP contribution in [-0.2, 0) is 14.3 Å². The van der Waals surface area contributed by atoms with E-state index >= 15 is 0 Å². The summed E-state index contributed by atoms with van der Waals surface area (Å²) in [6, 6.07) is -0.830. The number of aliphatic hydroxyl groups excluding tert-OH is 5. The fraction of sp³-hybridized carbons (Fsp3) is 0.878. The molecule has 1 amide bonds. The molecule has 1 aliphatic rings. The van der Waals surface area contributed by atoms with E-state index in [-0.39, 0.29) is 12.5 Å². The first-order valence-electron chi connectivity index (χ1n) is 20.6. The van der Waals surface area contributed by atoms with Crippen LogP contribution < -0.4 is 5.32 Å². The summed E-state index contributed by atoms with van der Waals surface area (Å²) in [7, 11) is 0. The summed E-state index contributed by atoms with van der Waals surface area (Å²) in [5, 5.41) is 53.8. The van der Waals surface area contributed by atoms with Crippen molar-refractivity contribution in [3.8, 4) is 0 Å². The molecule has 1 rings (SSSR count). The predicted octanol–water partition coefficient (Wildman–Crippen LogP) is 7.55. The van der Waals surface area contributed by atoms with Crippen molar-refractivity contribution >= 4 is 5.91 Å². The van der Waals surface area contributed by atoms with Crippen LogP contribution in [0.2, 0.25) is 0 Å². The first-order chi connectivity index (χ1) is 24.3. The monoisotopic (exact) mass is 712 g/mol. The van der Waals surface area contributed by atoms with Gasteiger partial charge in [0.15, 0.2) is 6.29 Å². The standard InChI is InChI=1S/C41H77NO8/c1-3-5-7-9-11-13-15-16-17-18-19-20-21-23-25-27-29-31-37(45)42-34(33-49-41-40(48)39(47)38(46)36(32-43)50-41)35(44)30-28-26-24-22-14-12-10-8-6-4-2/h24,26,28,30,34-36,38-41,43-44,46-48H,3-23,25,27,29,31-33H2,1-2H3,(H,42,45)/b26-24+,30-28+/t34-,35+,36-,38-,39?,40?,41-/m0/s1. The summed E-state index contributed by atoms with van der Waals surface area (Å²) >= 11 is 0. The second kappa shape index (κ2) is 32.3. The highest BCUT2D eigenvalue weighted by atomic mass is 16.7. The van der Waals surface area contributed by atoms with E-state index in [0.29, 0.717) is 6.42 Å². The summed E-state index contributed by atoms with van der Waals surface area (Å²) in [6.07, 6.45) is 29.5. The Morgan fingerprint density at radius 3 is 1.66 bits per heavy atom. The van der Waals surface area contributed by atoms with Crippen LogP contribution in [0.5, 0.6) is 0 Å². The van der Waals surface area contributed by atoms with Crippen LogP contribution in [0.25, 0.3) is 0 Å². The van der Waals surface area contributed by atoms with Crippen molar-refractivity contribution < 1.29 is 39.8 Å². The molecular weight excluding hydrogens is 634 g/mol. The summed E-state index contributed by atoms with van der Waals surface area (Å²) in [4.78, 5) is 12.9. The van der Waals surface area contributed by atoms with Gasteiger partial charge in [-0.25, -0.2) is 0 Å². The van der Waals surface area contributed by atoms with E-state index in [9.17, 15) is 30.3 Å². The second-order valence-corrected chi connectivity index (χ2v) is 14.5. The normalized spacial score (nSPS) is 22.4. The maximum Gasteiger partial charge on any atom is 0.220 e. The van der Waals surface area contributed by atoms with Gasteiger partial charge in [-0.05, 0) is 19.3 Å². The molecule has 1 saturated heterocycles. The second-order valence-electron chi connectivity index (χ2n) is 14.5. The number of rotatable bonds is 33. The Morgan fingerprint density at radius 1 is 0.680 bits per heavy atom. The summed E-state index contributed by atoms with van der Waals surface area (Å²) < 4.78 is 11.1. The molecule has 294 valence electrons. The first-order valence-corrected chi connectivity index (χ1v) is 20.6. The van der Waals surface area contributed by atoms with Gasteiger partial charge in [0.2, 0.25) is 5.91 Å². The number of hydrogen-bond donors (Lipinski definition) is 6. The van der Waals surface area contributed by atoms with Crippen molar-refractivity contribution in [2.45, 2.75) is 217 Å². The molecule has 9 nitrogen and oxygen atoms in total. The third kappa shape index (κ3) is 23.3. The zero-order valence-electron chi connectivity index (χ0n) is 31.9. The van der Waals surface area contributed by atoms with Crippen molar-refractivity contribution in [2.24, 2.45) is 0 Å². The lowest BCUT2D eigenvalue weighted by atomic mass is 9.99. The van der Waals surface area contributed by atoms with Gasteiger partial charge in [-0.3, -0.25) is 4.79 Å². The molecule has 7 atom stereocenters. The van der Waals surface area contributed by atoms with Gasteiger partial charge in [-0.15, -0.1) is 0 Å². The van der Waals surface area contributed by atoms with Crippen LogP contribution in [0.4, 0.5) is 0 Å². The van der Waals surface area contributed by atoms with Crippen molar-refractivity contribution in [1.29, 1.82) is 0 Å². The van der Waals surface area contributed by atoms with E-state index in [1.807, 2.05) is 6.08 Å². The zero-order chi connectivity index (χ0) is 36.7. The summed E-state index contributed by atoms with van der Waals surface area (Å²) in [5.74, 6) is -0.195. The third-order valence-corrected chi connectivity index (χ3v) is 9.83. The van der Waals surface area contributed by atoms with Crippen LogP contribution in [0.3, 0.4) is 0 Å². The molecule has 0 bridgehead atoms. The minimum Gasteiger partial charge on any atom is -0.394 e. The van der Waals surface area contributed by atoms with E-state index in [2.05, 4.69) is 25.2 Å². The number of amides is 1. The van der Waals surface area contributed by atoms with Crippen molar-refractivity contribution in [1.82, 2.24) is 5.32 Å². The predicted molar refractivity (Wildman–Crippen MR) is 203 cm³/mol. The smallest absolute Gasteiger partial charge is 0.220 e. The van der Waals surface area contributed by atoms with E-state index < -0.39 is 49.5 Å². The van der Waals surface area contributed by atoms with Crippen molar-refractivity contribution in [2.75, 3.05) is 13.2 Å². The van der Waals surface area contributed by atoms with Gasteiger partial charge < -0.3 is 40.3 Å². The SMILES string of the molecule is CCCCCCCC/C=C/C=C/[C@@H](O)[C@H](CO[C@H]1O[C@@H](CO)[C@H](O)C(O)C1O)NC(=O)CCCCCCCCCCCCCCCCCCC. The van der Waals surface area contributed by atoms with Gasteiger partial charge in [0.25, 0.3) is 0 Å². The van der Waals surface area contributed by atoms with Gasteiger partial charge in [0.1, 0.15) is 24.4 Å². The molecule has 9 heteroatoms. The molecule has 1 aliphatic heterocycles. The van der Waals surface area contributed by atoms with Crippen molar-refractivity contribution in [3.05, 3.63) is 24.3 Å². The number of hydrogen-bond acceptors (Lipinski definition) is 8. The van der Waals surface area contributed by atoms with Gasteiger partial charge >= 0.3 is 0 Å². The average molecular weight is 712 g/mol. The van der Waals surface area contributed by atoms with Crippen molar-refractivity contribution in [3.63, 3.8) is 0 Å². The Morgan fingerprint density at radius 2 is 1.16 bits per heavy atom. The first kappa shape index (κ1) is 46.7. The number of carbonyl (C=O) groups excluding carboxylic acids is 1. The molecule has 2 unspecified atom stereocenters. The summed E-state index contributed by atoms with van der Waals surface area (Å²) in [6.45, 7) is 3.70. The Kier molecular flexibility index (Phi) is 30.2. The highest BCUT2D eigenvalue weighted by molar-refractivity contribution is 5.76. The molecule has 0 radical (unpaired) electrons. The van der Waals surface area contributed by atoms with Crippen LogP contribution in [0, 0.1) is 0 Å². The summed E-state index contributed by atoms with van der Waals surface area (Å²) in [5.41, 5.74) is 0. The van der Waals surface area contributed by atoms with E-state index in [0.717, 1.165) is 32.1 Å². The highest BCUT2D eigenvalue weighted by Crippen LogP contribution is 2.22. The maximum atomic E-state index is 12.9.